The number of hydrogen-bond acceptors (Lipinski definition) is 2. The van der Waals surface area contributed by atoms with Gasteiger partial charge in [0, 0.05) is 17.2 Å². The molecule has 0 saturated heterocycles. The van der Waals surface area contributed by atoms with Crippen LogP contribution < -0.4 is 10.1 Å². The number of benzene rings is 2. The predicted molar refractivity (Wildman–Crippen MR) is 85.0 cm³/mol. The highest BCUT2D eigenvalue weighted by molar-refractivity contribution is 6.35. The van der Waals surface area contributed by atoms with Crippen LogP contribution in [0.2, 0.25) is 0 Å². The zero-order valence-corrected chi connectivity index (χ0v) is 11.8. The number of carbonyl (C=O) groups excluding carboxylic acids is 1. The Labute approximate surface area is 127 Å². The summed E-state index contributed by atoms with van der Waals surface area (Å²) in [5.41, 5.74) is 2.62. The number of halogens is 1. The zero-order chi connectivity index (χ0) is 15.5. The van der Waals surface area contributed by atoms with E-state index in [0.29, 0.717) is 29.2 Å². The monoisotopic (exact) mass is 295 g/mol. The Bertz CT molecular complexity index is 780. The quantitative estimate of drug-likeness (QED) is 0.686. The van der Waals surface area contributed by atoms with Gasteiger partial charge in [0.1, 0.15) is 18.2 Å². The van der Waals surface area contributed by atoms with Crippen LogP contribution in [-0.2, 0) is 4.79 Å². The normalized spacial score (nSPS) is 14.6. The summed E-state index contributed by atoms with van der Waals surface area (Å²) in [5, 5.41) is 2.79. The van der Waals surface area contributed by atoms with Crippen molar-refractivity contribution < 1.29 is 13.9 Å². The van der Waals surface area contributed by atoms with Crippen molar-refractivity contribution in [3.8, 4) is 5.75 Å². The van der Waals surface area contributed by atoms with Crippen LogP contribution in [0, 0.1) is 5.82 Å². The molecule has 22 heavy (non-hydrogen) atoms. The van der Waals surface area contributed by atoms with Crippen molar-refractivity contribution in [1.82, 2.24) is 0 Å². The minimum atomic E-state index is -0.332. The molecule has 0 unspecified atom stereocenters. The van der Waals surface area contributed by atoms with E-state index in [1.165, 1.54) is 12.1 Å². The molecule has 2 aromatic rings. The molecule has 0 aliphatic carbocycles. The number of fused-ring (bicyclic) bond motifs is 1. The lowest BCUT2D eigenvalue weighted by Crippen LogP contribution is -2.03. The van der Waals surface area contributed by atoms with E-state index in [-0.39, 0.29) is 11.7 Å². The molecular weight excluding hydrogens is 281 g/mol. The molecule has 1 heterocycles. The highest BCUT2D eigenvalue weighted by Gasteiger charge is 2.24. The summed E-state index contributed by atoms with van der Waals surface area (Å²) in [4.78, 5) is 12.1. The Morgan fingerprint density at radius 2 is 2.09 bits per heavy atom. The lowest BCUT2D eigenvalue weighted by molar-refractivity contribution is -0.110. The molecule has 110 valence electrons. The average Bonchev–Trinajstić information content (AvgIpc) is 2.80. The molecule has 0 spiro atoms. The number of nitrogens with one attached hydrogen (secondary N) is 1. The summed E-state index contributed by atoms with van der Waals surface area (Å²) < 4.78 is 18.7. The Kier molecular flexibility index (Phi) is 3.74. The molecule has 4 heteroatoms. The van der Waals surface area contributed by atoms with Crippen molar-refractivity contribution in [1.29, 1.82) is 0 Å². The molecule has 0 atom stereocenters. The van der Waals surface area contributed by atoms with Crippen LogP contribution in [0.1, 0.15) is 11.1 Å². The maximum absolute atomic E-state index is 13.3. The molecule has 0 aromatic heterocycles. The fraction of sp³-hybridized carbons (Fsp3) is 0.0556. The van der Waals surface area contributed by atoms with Gasteiger partial charge >= 0.3 is 0 Å². The summed E-state index contributed by atoms with van der Waals surface area (Å²) in [5.74, 6) is 0.118. The zero-order valence-electron chi connectivity index (χ0n) is 11.8. The van der Waals surface area contributed by atoms with Crippen molar-refractivity contribution in [3.05, 3.63) is 72.1 Å². The minimum Gasteiger partial charge on any atom is -0.489 e. The van der Waals surface area contributed by atoms with Crippen LogP contribution in [0.25, 0.3) is 11.6 Å². The highest BCUT2D eigenvalue weighted by atomic mass is 19.1. The molecule has 1 aliphatic heterocycles. The molecule has 1 aliphatic rings. The van der Waals surface area contributed by atoms with Crippen LogP contribution in [0.15, 0.2) is 55.1 Å². The molecule has 1 N–H and O–H groups in total. The summed E-state index contributed by atoms with van der Waals surface area (Å²) in [6.45, 7) is 3.99. The van der Waals surface area contributed by atoms with Gasteiger partial charge in [0.25, 0.3) is 5.91 Å². The first-order chi connectivity index (χ1) is 10.7. The Balaban J connectivity index is 1.96. The van der Waals surface area contributed by atoms with Crippen molar-refractivity contribution in [3.63, 3.8) is 0 Å². The molecule has 0 saturated carbocycles. The van der Waals surface area contributed by atoms with Gasteiger partial charge in [0.05, 0.1) is 5.69 Å². The average molecular weight is 295 g/mol. The summed E-state index contributed by atoms with van der Waals surface area (Å²) >= 11 is 0. The van der Waals surface area contributed by atoms with Gasteiger partial charge in [-0.3, -0.25) is 4.79 Å². The van der Waals surface area contributed by atoms with E-state index in [1.807, 2.05) is 6.07 Å². The Morgan fingerprint density at radius 1 is 1.23 bits per heavy atom. The molecular formula is C18H14FNO2. The van der Waals surface area contributed by atoms with Crippen LogP contribution in [0.4, 0.5) is 10.1 Å². The van der Waals surface area contributed by atoms with Crippen LogP contribution in [0.5, 0.6) is 5.75 Å². The van der Waals surface area contributed by atoms with Crippen LogP contribution >= 0.6 is 0 Å². The van der Waals surface area contributed by atoms with Crippen LogP contribution in [0.3, 0.4) is 0 Å². The first kappa shape index (κ1) is 14.1. The van der Waals surface area contributed by atoms with Crippen molar-refractivity contribution in [2.75, 3.05) is 11.9 Å². The first-order valence-electron chi connectivity index (χ1n) is 6.84. The number of hydrogen-bond donors (Lipinski definition) is 1. The van der Waals surface area contributed by atoms with E-state index < -0.39 is 0 Å². The van der Waals surface area contributed by atoms with Crippen molar-refractivity contribution in [2.24, 2.45) is 0 Å². The fourth-order valence-corrected chi connectivity index (χ4v) is 2.32. The van der Waals surface area contributed by atoms with E-state index in [4.69, 9.17) is 4.74 Å². The lowest BCUT2D eigenvalue weighted by atomic mass is 10.0. The molecule has 0 bridgehead atoms. The van der Waals surface area contributed by atoms with E-state index in [0.717, 1.165) is 5.56 Å². The standard InChI is InChI=1S/C18H14FNO2/c1-2-8-22-14-6-7-15-16(18(21)20-17(15)11-14)10-12-4-3-5-13(19)9-12/h2-7,9-11H,1,8H2,(H,20,21). The molecule has 0 radical (unpaired) electrons. The van der Waals surface area contributed by atoms with Gasteiger partial charge in [-0.25, -0.2) is 4.39 Å². The number of anilines is 1. The SMILES string of the molecule is C=CCOc1ccc2c(c1)NC(=O)C2=Cc1cccc(F)c1. The third-order valence-corrected chi connectivity index (χ3v) is 3.30. The lowest BCUT2D eigenvalue weighted by Gasteiger charge is -2.05. The summed E-state index contributed by atoms with van der Waals surface area (Å²) in [7, 11) is 0. The molecule has 3 nitrogen and oxygen atoms in total. The minimum absolute atomic E-state index is 0.208. The molecule has 1 amide bonds. The van der Waals surface area contributed by atoms with Crippen LogP contribution in [-0.4, -0.2) is 12.5 Å². The topological polar surface area (TPSA) is 38.3 Å². The Morgan fingerprint density at radius 3 is 2.86 bits per heavy atom. The second-order valence-corrected chi connectivity index (χ2v) is 4.87. The molecule has 2 aromatic carbocycles. The number of ether oxygens (including phenoxy) is 1. The van der Waals surface area contributed by atoms with Gasteiger partial charge in [-0.1, -0.05) is 24.8 Å². The Hall–Kier alpha value is -2.88. The maximum atomic E-state index is 13.3. The fourth-order valence-electron chi connectivity index (χ4n) is 2.32. The van der Waals surface area contributed by atoms with E-state index in [1.54, 1.807) is 36.4 Å². The third-order valence-electron chi connectivity index (χ3n) is 3.30. The third kappa shape index (κ3) is 2.76. The van der Waals surface area contributed by atoms with Crippen molar-refractivity contribution >= 4 is 23.2 Å². The first-order valence-corrected chi connectivity index (χ1v) is 6.84. The predicted octanol–water partition coefficient (Wildman–Crippen LogP) is 3.88. The second kappa shape index (κ2) is 5.85. The second-order valence-electron chi connectivity index (χ2n) is 4.87. The van der Waals surface area contributed by atoms with Gasteiger partial charge in [-0.15, -0.1) is 0 Å². The summed E-state index contributed by atoms with van der Waals surface area (Å²) in [6.07, 6.45) is 3.33. The highest BCUT2D eigenvalue weighted by Crippen LogP contribution is 2.35. The van der Waals surface area contributed by atoms with Gasteiger partial charge in [-0.05, 0) is 35.9 Å². The van der Waals surface area contributed by atoms with Gasteiger partial charge < -0.3 is 10.1 Å². The van der Waals surface area contributed by atoms with Gasteiger partial charge in [0.15, 0.2) is 0 Å². The van der Waals surface area contributed by atoms with E-state index in [9.17, 15) is 9.18 Å². The van der Waals surface area contributed by atoms with E-state index in [2.05, 4.69) is 11.9 Å². The molecule has 0 fully saturated rings. The summed E-state index contributed by atoms with van der Waals surface area (Å²) in [6, 6.07) is 11.5. The largest absolute Gasteiger partial charge is 0.489 e. The van der Waals surface area contributed by atoms with Crippen molar-refractivity contribution in [2.45, 2.75) is 0 Å². The number of carbonyl (C=O) groups is 1. The van der Waals surface area contributed by atoms with E-state index >= 15 is 0 Å². The van der Waals surface area contributed by atoms with Gasteiger partial charge in [0.2, 0.25) is 0 Å². The maximum Gasteiger partial charge on any atom is 0.256 e. The van der Waals surface area contributed by atoms with Gasteiger partial charge in [-0.2, -0.15) is 0 Å². The smallest absolute Gasteiger partial charge is 0.256 e. The molecule has 3 rings (SSSR count). The number of rotatable bonds is 4. The number of amides is 1.